The Hall–Kier alpha value is -2.04. The minimum atomic E-state index is 0.0972. The van der Waals surface area contributed by atoms with Crippen LogP contribution in [0, 0.1) is 5.92 Å². The van der Waals surface area contributed by atoms with Gasteiger partial charge in [-0.25, -0.2) is 0 Å². The fourth-order valence-electron chi connectivity index (χ4n) is 3.46. The van der Waals surface area contributed by atoms with E-state index in [2.05, 4.69) is 12.1 Å². The SMILES string of the molecule is CN(CCO)c1ccc(C(=O)N2CCC(Cc3ccc(Cl)cc3)C2)cc1. The second kappa shape index (κ2) is 8.56. The van der Waals surface area contributed by atoms with Crippen LogP contribution >= 0.6 is 11.6 Å². The standard InChI is InChI=1S/C21H25ClN2O2/c1-23(12-13-25)20-8-4-18(5-9-20)21(26)24-11-10-17(15-24)14-16-2-6-19(22)7-3-16/h2-9,17,25H,10-15H2,1H3. The lowest BCUT2D eigenvalue weighted by Gasteiger charge is -2.20. The molecule has 2 aromatic rings. The normalized spacial score (nSPS) is 16.7. The van der Waals surface area contributed by atoms with E-state index in [1.807, 2.05) is 53.2 Å². The molecule has 0 radical (unpaired) electrons. The smallest absolute Gasteiger partial charge is 0.253 e. The molecule has 0 spiro atoms. The van der Waals surface area contributed by atoms with Gasteiger partial charge in [-0.1, -0.05) is 23.7 Å². The number of halogens is 1. The van der Waals surface area contributed by atoms with Gasteiger partial charge < -0.3 is 14.9 Å². The molecule has 0 aromatic heterocycles. The average molecular weight is 373 g/mol. The molecule has 1 fully saturated rings. The number of nitrogens with zero attached hydrogens (tertiary/aromatic N) is 2. The highest BCUT2D eigenvalue weighted by Gasteiger charge is 2.27. The Morgan fingerprint density at radius 3 is 2.54 bits per heavy atom. The highest BCUT2D eigenvalue weighted by atomic mass is 35.5. The topological polar surface area (TPSA) is 43.8 Å². The van der Waals surface area contributed by atoms with Crippen LogP contribution in [0.2, 0.25) is 5.02 Å². The fraction of sp³-hybridized carbons (Fsp3) is 0.381. The summed E-state index contributed by atoms with van der Waals surface area (Å²) in [4.78, 5) is 16.7. The van der Waals surface area contributed by atoms with Gasteiger partial charge in [-0.05, 0) is 60.7 Å². The third-order valence-corrected chi connectivity index (χ3v) is 5.25. The largest absolute Gasteiger partial charge is 0.395 e. The number of rotatable bonds is 6. The number of likely N-dealkylation sites (tertiary alicyclic amines) is 1. The van der Waals surface area contributed by atoms with E-state index in [1.165, 1.54) is 5.56 Å². The van der Waals surface area contributed by atoms with Crippen LogP contribution in [0.1, 0.15) is 22.3 Å². The minimum absolute atomic E-state index is 0.0972. The van der Waals surface area contributed by atoms with E-state index in [0.717, 1.165) is 42.2 Å². The Kier molecular flexibility index (Phi) is 6.17. The summed E-state index contributed by atoms with van der Waals surface area (Å²) < 4.78 is 0. The molecular weight excluding hydrogens is 348 g/mol. The summed E-state index contributed by atoms with van der Waals surface area (Å²) in [6.45, 7) is 2.29. The van der Waals surface area contributed by atoms with E-state index in [4.69, 9.17) is 16.7 Å². The van der Waals surface area contributed by atoms with Crippen LogP contribution in [0.4, 0.5) is 5.69 Å². The maximum Gasteiger partial charge on any atom is 0.253 e. The maximum absolute atomic E-state index is 12.8. The number of carbonyl (C=O) groups is 1. The van der Waals surface area contributed by atoms with Gasteiger partial charge in [0.2, 0.25) is 0 Å². The van der Waals surface area contributed by atoms with Gasteiger partial charge in [0.1, 0.15) is 0 Å². The molecule has 0 aliphatic carbocycles. The Morgan fingerprint density at radius 1 is 1.19 bits per heavy atom. The molecule has 1 aliphatic rings. The molecule has 1 unspecified atom stereocenters. The van der Waals surface area contributed by atoms with Crippen LogP contribution in [-0.2, 0) is 6.42 Å². The molecule has 138 valence electrons. The number of benzene rings is 2. The molecule has 1 aliphatic heterocycles. The first-order chi connectivity index (χ1) is 12.6. The summed E-state index contributed by atoms with van der Waals surface area (Å²) in [5.41, 5.74) is 2.99. The number of aliphatic hydroxyl groups excluding tert-OH is 1. The Bertz CT molecular complexity index is 731. The van der Waals surface area contributed by atoms with E-state index in [-0.39, 0.29) is 12.5 Å². The molecule has 0 saturated carbocycles. The van der Waals surface area contributed by atoms with Crippen molar-refractivity contribution < 1.29 is 9.90 Å². The zero-order valence-electron chi connectivity index (χ0n) is 15.1. The van der Waals surface area contributed by atoms with Crippen molar-refractivity contribution in [3.63, 3.8) is 0 Å². The van der Waals surface area contributed by atoms with Gasteiger partial charge in [-0.2, -0.15) is 0 Å². The van der Waals surface area contributed by atoms with Crippen molar-refractivity contribution in [2.45, 2.75) is 12.8 Å². The Balaban J connectivity index is 1.58. The molecule has 4 nitrogen and oxygen atoms in total. The van der Waals surface area contributed by atoms with Crippen molar-refractivity contribution >= 4 is 23.2 Å². The fourth-order valence-corrected chi connectivity index (χ4v) is 3.58. The predicted molar refractivity (Wildman–Crippen MR) is 106 cm³/mol. The van der Waals surface area contributed by atoms with Crippen molar-refractivity contribution in [2.75, 3.05) is 38.2 Å². The quantitative estimate of drug-likeness (QED) is 0.844. The molecule has 3 rings (SSSR count). The van der Waals surface area contributed by atoms with Crippen molar-refractivity contribution in [2.24, 2.45) is 5.92 Å². The van der Waals surface area contributed by atoms with Crippen molar-refractivity contribution in [3.05, 3.63) is 64.7 Å². The second-order valence-electron chi connectivity index (χ2n) is 6.93. The number of aliphatic hydroxyl groups is 1. The molecule has 5 heteroatoms. The van der Waals surface area contributed by atoms with Crippen LogP contribution in [-0.4, -0.2) is 49.2 Å². The number of hydrogen-bond donors (Lipinski definition) is 1. The maximum atomic E-state index is 12.8. The van der Waals surface area contributed by atoms with Gasteiger partial charge in [0, 0.05) is 43.0 Å². The number of carbonyl (C=O) groups excluding carboxylic acids is 1. The van der Waals surface area contributed by atoms with Crippen LogP contribution < -0.4 is 4.90 Å². The lowest BCUT2D eigenvalue weighted by atomic mass is 9.99. The number of likely N-dealkylation sites (N-methyl/N-ethyl adjacent to an activating group) is 1. The predicted octanol–water partition coefficient (Wildman–Crippen LogP) is 3.47. The molecule has 2 aromatic carbocycles. The molecule has 0 bridgehead atoms. The Morgan fingerprint density at radius 2 is 1.88 bits per heavy atom. The number of anilines is 1. The van der Waals surface area contributed by atoms with Gasteiger partial charge in [0.15, 0.2) is 0 Å². The summed E-state index contributed by atoms with van der Waals surface area (Å²) in [5.74, 6) is 0.593. The van der Waals surface area contributed by atoms with E-state index >= 15 is 0 Å². The van der Waals surface area contributed by atoms with Crippen molar-refractivity contribution in [3.8, 4) is 0 Å². The number of amides is 1. The minimum Gasteiger partial charge on any atom is -0.395 e. The third-order valence-electron chi connectivity index (χ3n) is 5.00. The van der Waals surface area contributed by atoms with Crippen molar-refractivity contribution in [1.82, 2.24) is 4.90 Å². The van der Waals surface area contributed by atoms with Crippen LogP contribution in [0.5, 0.6) is 0 Å². The third kappa shape index (κ3) is 4.57. The van der Waals surface area contributed by atoms with E-state index in [1.54, 1.807) is 0 Å². The zero-order chi connectivity index (χ0) is 18.5. The Labute approximate surface area is 160 Å². The first-order valence-corrected chi connectivity index (χ1v) is 9.40. The summed E-state index contributed by atoms with van der Waals surface area (Å²) >= 11 is 5.94. The first-order valence-electron chi connectivity index (χ1n) is 9.02. The molecule has 1 amide bonds. The first kappa shape index (κ1) is 18.7. The van der Waals surface area contributed by atoms with Gasteiger partial charge in [0.25, 0.3) is 5.91 Å². The van der Waals surface area contributed by atoms with Gasteiger partial charge >= 0.3 is 0 Å². The van der Waals surface area contributed by atoms with E-state index in [0.29, 0.717) is 12.5 Å². The highest BCUT2D eigenvalue weighted by molar-refractivity contribution is 6.30. The molecule has 1 N–H and O–H groups in total. The van der Waals surface area contributed by atoms with Crippen LogP contribution in [0.25, 0.3) is 0 Å². The van der Waals surface area contributed by atoms with Gasteiger partial charge in [-0.15, -0.1) is 0 Å². The lowest BCUT2D eigenvalue weighted by molar-refractivity contribution is 0.0787. The lowest BCUT2D eigenvalue weighted by Crippen LogP contribution is -2.29. The van der Waals surface area contributed by atoms with Gasteiger partial charge in [0.05, 0.1) is 6.61 Å². The van der Waals surface area contributed by atoms with Crippen LogP contribution in [0.15, 0.2) is 48.5 Å². The molecule has 1 heterocycles. The van der Waals surface area contributed by atoms with E-state index in [9.17, 15) is 4.79 Å². The van der Waals surface area contributed by atoms with E-state index < -0.39 is 0 Å². The molecule has 26 heavy (non-hydrogen) atoms. The zero-order valence-corrected chi connectivity index (χ0v) is 15.8. The molecule has 1 saturated heterocycles. The number of hydrogen-bond acceptors (Lipinski definition) is 3. The average Bonchev–Trinajstić information content (AvgIpc) is 3.12. The molecule has 1 atom stereocenters. The van der Waals surface area contributed by atoms with Crippen LogP contribution in [0.3, 0.4) is 0 Å². The summed E-state index contributed by atoms with van der Waals surface area (Å²) in [6, 6.07) is 15.6. The summed E-state index contributed by atoms with van der Waals surface area (Å²) in [6.07, 6.45) is 2.01. The van der Waals surface area contributed by atoms with Gasteiger partial charge in [-0.3, -0.25) is 4.79 Å². The second-order valence-corrected chi connectivity index (χ2v) is 7.36. The highest BCUT2D eigenvalue weighted by Crippen LogP contribution is 2.24. The molecular formula is C21H25ClN2O2. The monoisotopic (exact) mass is 372 g/mol. The summed E-state index contributed by atoms with van der Waals surface area (Å²) in [7, 11) is 1.93. The summed E-state index contributed by atoms with van der Waals surface area (Å²) in [5, 5.41) is 9.77. The van der Waals surface area contributed by atoms with Crippen molar-refractivity contribution in [1.29, 1.82) is 0 Å².